The van der Waals surface area contributed by atoms with Gasteiger partial charge in [-0.05, 0) is 49.6 Å². The molecule has 0 unspecified atom stereocenters. The zero-order valence-corrected chi connectivity index (χ0v) is 13.5. The number of thiazole rings is 1. The van der Waals surface area contributed by atoms with Crippen molar-refractivity contribution in [1.82, 2.24) is 15.6 Å². The second kappa shape index (κ2) is 6.85. The van der Waals surface area contributed by atoms with Crippen LogP contribution in [0.2, 0.25) is 0 Å². The van der Waals surface area contributed by atoms with Crippen LogP contribution in [0.3, 0.4) is 0 Å². The molecule has 0 saturated heterocycles. The normalized spacial score (nSPS) is 13.8. The quantitative estimate of drug-likeness (QED) is 0.888. The van der Waals surface area contributed by atoms with Crippen LogP contribution >= 0.6 is 22.7 Å². The van der Waals surface area contributed by atoms with Gasteiger partial charge in [-0.15, -0.1) is 11.3 Å². The van der Waals surface area contributed by atoms with E-state index in [1.54, 1.807) is 22.7 Å². The van der Waals surface area contributed by atoms with E-state index >= 15 is 0 Å². The average Bonchev–Trinajstić information content (AvgIpc) is 3.00. The van der Waals surface area contributed by atoms with Gasteiger partial charge in [0.15, 0.2) is 0 Å². The lowest BCUT2D eigenvalue weighted by Crippen LogP contribution is -2.42. The maximum absolute atomic E-state index is 11.9. The van der Waals surface area contributed by atoms with Crippen LogP contribution in [-0.4, -0.2) is 17.1 Å². The van der Waals surface area contributed by atoms with Gasteiger partial charge in [0.1, 0.15) is 5.01 Å². The number of hydrogen-bond acceptors (Lipinski definition) is 4. The first-order valence-electron chi connectivity index (χ1n) is 6.55. The molecule has 2 rings (SSSR count). The van der Waals surface area contributed by atoms with Crippen LogP contribution in [0.1, 0.15) is 35.3 Å². The van der Waals surface area contributed by atoms with E-state index in [0.717, 1.165) is 16.3 Å². The van der Waals surface area contributed by atoms with Crippen molar-refractivity contribution in [2.75, 3.05) is 0 Å². The molecule has 108 valence electrons. The Balaban J connectivity index is 1.80. The van der Waals surface area contributed by atoms with E-state index in [4.69, 9.17) is 0 Å². The molecular weight excluding hydrogens is 290 g/mol. The second-order valence-corrected chi connectivity index (χ2v) is 6.93. The number of aryl methyl sites for hydroxylation is 1. The Bertz CT molecular complexity index is 551. The summed E-state index contributed by atoms with van der Waals surface area (Å²) < 4.78 is 0. The van der Waals surface area contributed by atoms with Crippen LogP contribution in [-0.2, 0) is 6.42 Å². The first kappa shape index (κ1) is 15.0. The van der Waals surface area contributed by atoms with Crippen molar-refractivity contribution >= 4 is 28.7 Å². The Labute approximate surface area is 127 Å². The topological polar surface area (TPSA) is 54.0 Å². The monoisotopic (exact) mass is 309 g/mol. The molecule has 2 aromatic heterocycles. The van der Waals surface area contributed by atoms with E-state index in [1.807, 2.05) is 27.0 Å². The Morgan fingerprint density at radius 3 is 2.80 bits per heavy atom. The summed E-state index contributed by atoms with van der Waals surface area (Å²) in [5.74, 6) is 0. The first-order chi connectivity index (χ1) is 9.54. The number of hydrogen-bond donors (Lipinski definition) is 2. The second-order valence-electron chi connectivity index (χ2n) is 4.89. The van der Waals surface area contributed by atoms with Gasteiger partial charge in [0.25, 0.3) is 0 Å². The summed E-state index contributed by atoms with van der Waals surface area (Å²) >= 11 is 3.28. The van der Waals surface area contributed by atoms with E-state index in [1.165, 1.54) is 5.56 Å². The summed E-state index contributed by atoms with van der Waals surface area (Å²) in [6.45, 7) is 5.97. The molecule has 0 fully saturated rings. The Morgan fingerprint density at radius 2 is 2.20 bits per heavy atom. The van der Waals surface area contributed by atoms with Gasteiger partial charge in [0, 0.05) is 17.1 Å². The molecular formula is C14H19N3OS2. The number of nitrogens with one attached hydrogen (secondary N) is 2. The van der Waals surface area contributed by atoms with E-state index < -0.39 is 0 Å². The summed E-state index contributed by atoms with van der Waals surface area (Å²) in [6, 6.07) is 1.98. The van der Waals surface area contributed by atoms with Crippen molar-refractivity contribution in [3.8, 4) is 0 Å². The third kappa shape index (κ3) is 4.31. The van der Waals surface area contributed by atoms with Gasteiger partial charge < -0.3 is 10.6 Å². The van der Waals surface area contributed by atoms with Gasteiger partial charge in [-0.25, -0.2) is 9.78 Å². The molecule has 6 heteroatoms. The van der Waals surface area contributed by atoms with E-state index in [2.05, 4.69) is 32.4 Å². The van der Waals surface area contributed by atoms with Crippen molar-refractivity contribution < 1.29 is 4.79 Å². The SMILES string of the molecule is Cc1cnc([C@H](C)NC(=O)N[C@H](C)Cc2ccsc2)s1. The highest BCUT2D eigenvalue weighted by Crippen LogP contribution is 2.18. The number of urea groups is 1. The standard InChI is InChI=1S/C14H19N3OS2/c1-9(6-12-4-5-19-8-12)16-14(18)17-11(3)13-15-7-10(2)20-13/h4-5,7-9,11H,6H2,1-3H3,(H2,16,17,18)/t9-,11+/m1/s1. The fourth-order valence-corrected chi connectivity index (χ4v) is 3.37. The number of carbonyl (C=O) groups excluding carboxylic acids is 1. The number of nitrogens with zero attached hydrogens (tertiary/aromatic N) is 1. The molecule has 2 atom stereocenters. The molecule has 2 heterocycles. The molecule has 0 aliphatic carbocycles. The lowest BCUT2D eigenvalue weighted by molar-refractivity contribution is 0.234. The van der Waals surface area contributed by atoms with Crippen molar-refractivity contribution in [1.29, 1.82) is 0 Å². The van der Waals surface area contributed by atoms with E-state index in [0.29, 0.717) is 0 Å². The molecule has 0 aliphatic rings. The number of rotatable bonds is 5. The zero-order valence-electron chi connectivity index (χ0n) is 11.8. The van der Waals surface area contributed by atoms with Crippen molar-refractivity contribution in [2.45, 2.75) is 39.3 Å². The zero-order chi connectivity index (χ0) is 14.5. The summed E-state index contributed by atoms with van der Waals surface area (Å²) in [4.78, 5) is 17.4. The lowest BCUT2D eigenvalue weighted by atomic mass is 10.1. The smallest absolute Gasteiger partial charge is 0.315 e. The predicted octanol–water partition coefficient (Wildman–Crippen LogP) is 3.50. The molecule has 0 aliphatic heterocycles. The van der Waals surface area contributed by atoms with Crippen LogP contribution in [0.5, 0.6) is 0 Å². The van der Waals surface area contributed by atoms with Gasteiger partial charge in [0.2, 0.25) is 0 Å². The van der Waals surface area contributed by atoms with Gasteiger partial charge in [-0.2, -0.15) is 11.3 Å². The minimum absolute atomic E-state index is 0.0675. The third-order valence-electron chi connectivity index (χ3n) is 2.86. The number of thiophene rings is 1. The molecule has 20 heavy (non-hydrogen) atoms. The molecule has 0 radical (unpaired) electrons. The van der Waals surface area contributed by atoms with Gasteiger partial charge >= 0.3 is 6.03 Å². The number of aromatic nitrogens is 1. The van der Waals surface area contributed by atoms with E-state index in [-0.39, 0.29) is 18.1 Å². The summed E-state index contributed by atoms with van der Waals surface area (Å²) in [5.41, 5.74) is 1.26. The van der Waals surface area contributed by atoms with Crippen molar-refractivity contribution in [2.24, 2.45) is 0 Å². The van der Waals surface area contributed by atoms with Crippen molar-refractivity contribution in [3.05, 3.63) is 38.5 Å². The molecule has 2 aromatic rings. The Kier molecular flexibility index (Phi) is 5.14. The highest BCUT2D eigenvalue weighted by Gasteiger charge is 2.14. The van der Waals surface area contributed by atoms with Crippen LogP contribution in [0.4, 0.5) is 4.79 Å². The number of amides is 2. The fraction of sp³-hybridized carbons (Fsp3) is 0.429. The average molecular weight is 309 g/mol. The summed E-state index contributed by atoms with van der Waals surface area (Å²) in [5, 5.41) is 11.0. The van der Waals surface area contributed by atoms with Crippen LogP contribution in [0.25, 0.3) is 0 Å². The molecule has 4 nitrogen and oxygen atoms in total. The predicted molar refractivity (Wildman–Crippen MR) is 84.4 cm³/mol. The molecule has 0 spiro atoms. The van der Waals surface area contributed by atoms with Crippen molar-refractivity contribution in [3.63, 3.8) is 0 Å². The fourth-order valence-electron chi connectivity index (χ4n) is 1.91. The van der Waals surface area contributed by atoms with Gasteiger partial charge in [0.05, 0.1) is 6.04 Å². The maximum atomic E-state index is 11.9. The summed E-state index contributed by atoms with van der Waals surface area (Å²) in [7, 11) is 0. The Hall–Kier alpha value is -1.40. The van der Waals surface area contributed by atoms with Crippen LogP contribution in [0, 0.1) is 6.92 Å². The lowest BCUT2D eigenvalue weighted by Gasteiger charge is -2.16. The largest absolute Gasteiger partial charge is 0.335 e. The number of carbonyl (C=O) groups is 1. The molecule has 0 bridgehead atoms. The van der Waals surface area contributed by atoms with Gasteiger partial charge in [-0.1, -0.05) is 0 Å². The van der Waals surface area contributed by atoms with Crippen LogP contribution < -0.4 is 10.6 Å². The minimum atomic E-state index is -0.145. The summed E-state index contributed by atoms with van der Waals surface area (Å²) in [6.07, 6.45) is 2.68. The van der Waals surface area contributed by atoms with Crippen LogP contribution in [0.15, 0.2) is 23.0 Å². The minimum Gasteiger partial charge on any atom is -0.335 e. The first-order valence-corrected chi connectivity index (χ1v) is 8.31. The highest BCUT2D eigenvalue weighted by molar-refractivity contribution is 7.11. The molecule has 2 amide bonds. The van der Waals surface area contributed by atoms with Gasteiger partial charge in [-0.3, -0.25) is 0 Å². The highest BCUT2D eigenvalue weighted by atomic mass is 32.1. The maximum Gasteiger partial charge on any atom is 0.315 e. The molecule has 0 aromatic carbocycles. The van der Waals surface area contributed by atoms with E-state index in [9.17, 15) is 4.79 Å². The molecule has 2 N–H and O–H groups in total. The molecule has 0 saturated carbocycles. The third-order valence-corrected chi connectivity index (χ3v) is 4.68. The Morgan fingerprint density at radius 1 is 1.40 bits per heavy atom.